The fourth-order valence-electron chi connectivity index (χ4n) is 2.13. The Bertz CT molecular complexity index is 681. The smallest absolute Gasteiger partial charge is 0.161 e. The lowest BCUT2D eigenvalue weighted by atomic mass is 10.1. The second kappa shape index (κ2) is 5.81. The number of halogens is 4. The Labute approximate surface area is 133 Å². The number of hydrogen-bond acceptors (Lipinski definition) is 2. The molecule has 0 bridgehead atoms. The molecule has 2 nitrogen and oxygen atoms in total. The van der Waals surface area contributed by atoms with E-state index < -0.39 is 22.6 Å². The summed E-state index contributed by atoms with van der Waals surface area (Å²) >= 11 is 9.41. The first-order valence-electron chi connectivity index (χ1n) is 6.23. The van der Waals surface area contributed by atoms with Gasteiger partial charge < -0.3 is 9.47 Å². The zero-order valence-electron chi connectivity index (χ0n) is 10.7. The number of rotatable bonds is 2. The maximum absolute atomic E-state index is 13.4. The normalized spacial score (nSPS) is 18.4. The van der Waals surface area contributed by atoms with Gasteiger partial charge in [0, 0.05) is 5.02 Å². The van der Waals surface area contributed by atoms with Crippen molar-refractivity contribution in [2.45, 2.75) is 10.9 Å². The van der Waals surface area contributed by atoms with Gasteiger partial charge in [-0.3, -0.25) is 0 Å². The highest BCUT2D eigenvalue weighted by atomic mass is 79.9. The van der Waals surface area contributed by atoms with Crippen LogP contribution in [0, 0.1) is 11.6 Å². The van der Waals surface area contributed by atoms with Crippen LogP contribution in [-0.2, 0) is 0 Å². The molecule has 0 aromatic heterocycles. The van der Waals surface area contributed by atoms with Crippen molar-refractivity contribution in [2.24, 2.45) is 0 Å². The number of para-hydroxylation sites is 2. The molecule has 0 aliphatic carbocycles. The van der Waals surface area contributed by atoms with Crippen LogP contribution < -0.4 is 9.47 Å². The lowest BCUT2D eigenvalue weighted by molar-refractivity contribution is 0.0904. The zero-order chi connectivity index (χ0) is 15.0. The molecule has 2 aromatic rings. The van der Waals surface area contributed by atoms with Gasteiger partial charge in [-0.25, -0.2) is 8.78 Å². The summed E-state index contributed by atoms with van der Waals surface area (Å²) in [4.78, 5) is -0.423. The molecule has 1 aliphatic heterocycles. The molecule has 2 unspecified atom stereocenters. The van der Waals surface area contributed by atoms with Crippen molar-refractivity contribution in [3.05, 3.63) is 58.6 Å². The van der Waals surface area contributed by atoms with Gasteiger partial charge in [0.05, 0.1) is 4.83 Å². The monoisotopic (exact) mass is 374 g/mol. The van der Waals surface area contributed by atoms with E-state index in [1.165, 1.54) is 0 Å². The number of ether oxygens (including phenoxy) is 2. The van der Waals surface area contributed by atoms with Crippen LogP contribution >= 0.6 is 27.5 Å². The highest BCUT2D eigenvalue weighted by molar-refractivity contribution is 9.09. The van der Waals surface area contributed by atoms with Crippen molar-refractivity contribution in [2.75, 3.05) is 6.61 Å². The molecule has 2 aromatic carbocycles. The fourth-order valence-corrected chi connectivity index (χ4v) is 3.17. The van der Waals surface area contributed by atoms with Gasteiger partial charge in [-0.1, -0.05) is 39.7 Å². The minimum absolute atomic E-state index is 0.137. The largest absolute Gasteiger partial charge is 0.486 e. The van der Waals surface area contributed by atoms with E-state index in [2.05, 4.69) is 15.9 Å². The molecule has 2 atom stereocenters. The summed E-state index contributed by atoms with van der Waals surface area (Å²) in [6.07, 6.45) is -0.401. The molecule has 110 valence electrons. The van der Waals surface area contributed by atoms with E-state index in [-0.39, 0.29) is 11.6 Å². The topological polar surface area (TPSA) is 18.5 Å². The maximum atomic E-state index is 13.4. The molecule has 1 heterocycles. The third kappa shape index (κ3) is 2.85. The van der Waals surface area contributed by atoms with Crippen LogP contribution in [0.4, 0.5) is 8.78 Å². The number of fused-ring (bicyclic) bond motifs is 1. The van der Waals surface area contributed by atoms with Gasteiger partial charge in [-0.15, -0.1) is 0 Å². The van der Waals surface area contributed by atoms with Crippen molar-refractivity contribution >= 4 is 27.5 Å². The van der Waals surface area contributed by atoms with Crippen LogP contribution in [0.3, 0.4) is 0 Å². The van der Waals surface area contributed by atoms with E-state index in [0.29, 0.717) is 17.1 Å². The van der Waals surface area contributed by atoms with E-state index in [9.17, 15) is 8.78 Å². The van der Waals surface area contributed by atoms with Crippen molar-refractivity contribution in [3.8, 4) is 11.5 Å². The van der Waals surface area contributed by atoms with Crippen LogP contribution in [0.1, 0.15) is 10.4 Å². The Kier molecular flexibility index (Phi) is 4.04. The van der Waals surface area contributed by atoms with E-state index in [1.54, 1.807) is 12.1 Å². The quantitative estimate of drug-likeness (QED) is 0.549. The first kappa shape index (κ1) is 14.6. The minimum atomic E-state index is -0.977. The summed E-state index contributed by atoms with van der Waals surface area (Å²) in [7, 11) is 0. The molecule has 0 fully saturated rings. The number of alkyl halides is 1. The average Bonchev–Trinajstić information content (AvgIpc) is 2.50. The molecule has 3 rings (SSSR count). The van der Waals surface area contributed by atoms with Gasteiger partial charge in [0.15, 0.2) is 23.1 Å². The van der Waals surface area contributed by atoms with Crippen LogP contribution in [-0.4, -0.2) is 12.7 Å². The summed E-state index contributed by atoms with van der Waals surface area (Å²) in [6, 6.07) is 9.30. The molecular formula is C15H10BrClF2O2. The molecule has 0 saturated carbocycles. The molecule has 0 amide bonds. The Morgan fingerprint density at radius 3 is 2.57 bits per heavy atom. The summed E-state index contributed by atoms with van der Waals surface area (Å²) in [5.74, 6) is -0.660. The maximum Gasteiger partial charge on any atom is 0.161 e. The first-order chi connectivity index (χ1) is 10.1. The fraction of sp³-hybridized carbons (Fsp3) is 0.200. The molecule has 21 heavy (non-hydrogen) atoms. The van der Waals surface area contributed by atoms with E-state index in [1.807, 2.05) is 12.1 Å². The molecule has 0 spiro atoms. The summed E-state index contributed by atoms with van der Waals surface area (Å²) in [6.45, 7) is 0.280. The molecule has 0 radical (unpaired) electrons. The van der Waals surface area contributed by atoms with Crippen molar-refractivity contribution in [1.29, 1.82) is 0 Å². The van der Waals surface area contributed by atoms with Crippen molar-refractivity contribution in [1.82, 2.24) is 0 Å². The van der Waals surface area contributed by atoms with E-state index in [0.717, 1.165) is 12.1 Å². The summed E-state index contributed by atoms with van der Waals surface area (Å²) < 4.78 is 38.0. The zero-order valence-corrected chi connectivity index (χ0v) is 13.0. The van der Waals surface area contributed by atoms with Gasteiger partial charge in [0.25, 0.3) is 0 Å². The first-order valence-corrected chi connectivity index (χ1v) is 7.52. The lowest BCUT2D eigenvalue weighted by Crippen LogP contribution is -2.32. The lowest BCUT2D eigenvalue weighted by Gasteiger charge is -2.30. The van der Waals surface area contributed by atoms with Crippen LogP contribution in [0.25, 0.3) is 0 Å². The molecule has 6 heteroatoms. The standard InChI is InChI=1S/C15H10BrClF2O2/c16-15(8-5-10(18)11(19)6-9(8)17)14-7-20-12-3-1-2-4-13(12)21-14/h1-6,14-15H,7H2. The molecular weight excluding hydrogens is 366 g/mol. The number of hydrogen-bond donors (Lipinski definition) is 0. The highest BCUT2D eigenvalue weighted by Crippen LogP contribution is 2.39. The van der Waals surface area contributed by atoms with E-state index in [4.69, 9.17) is 21.1 Å². The van der Waals surface area contributed by atoms with Gasteiger partial charge in [0.2, 0.25) is 0 Å². The molecule has 1 aliphatic rings. The van der Waals surface area contributed by atoms with E-state index >= 15 is 0 Å². The Balaban J connectivity index is 1.87. The van der Waals surface area contributed by atoms with Crippen LogP contribution in [0.5, 0.6) is 11.5 Å². The van der Waals surface area contributed by atoms with Crippen molar-refractivity contribution in [3.63, 3.8) is 0 Å². The van der Waals surface area contributed by atoms with Gasteiger partial charge >= 0.3 is 0 Å². The van der Waals surface area contributed by atoms with Crippen molar-refractivity contribution < 1.29 is 18.3 Å². The molecule has 0 N–H and O–H groups in total. The Hall–Kier alpha value is -1.33. The second-order valence-corrected chi connectivity index (χ2v) is 6.00. The van der Waals surface area contributed by atoms with Crippen LogP contribution in [0.15, 0.2) is 36.4 Å². The highest BCUT2D eigenvalue weighted by Gasteiger charge is 2.30. The third-order valence-electron chi connectivity index (χ3n) is 3.19. The van der Waals surface area contributed by atoms with Gasteiger partial charge in [0.1, 0.15) is 12.7 Å². The predicted octanol–water partition coefficient (Wildman–Crippen LogP) is 4.89. The SMILES string of the molecule is Fc1cc(Cl)c(C(Br)C2COc3ccccc3O2)cc1F. The minimum Gasteiger partial charge on any atom is -0.486 e. The van der Waals surface area contributed by atoms with Gasteiger partial charge in [-0.05, 0) is 29.8 Å². The summed E-state index contributed by atoms with van der Waals surface area (Å²) in [5.41, 5.74) is 0.420. The molecule has 0 saturated heterocycles. The number of benzene rings is 2. The Morgan fingerprint density at radius 2 is 1.81 bits per heavy atom. The average molecular weight is 376 g/mol. The summed E-state index contributed by atoms with van der Waals surface area (Å²) in [5, 5.41) is 0.137. The Morgan fingerprint density at radius 1 is 1.14 bits per heavy atom. The third-order valence-corrected chi connectivity index (χ3v) is 4.60. The predicted molar refractivity (Wildman–Crippen MR) is 79.4 cm³/mol. The van der Waals surface area contributed by atoms with Gasteiger partial charge in [-0.2, -0.15) is 0 Å². The van der Waals surface area contributed by atoms with Crippen LogP contribution in [0.2, 0.25) is 5.02 Å². The second-order valence-electron chi connectivity index (χ2n) is 4.60.